The molecular formula is C19H29NO2. The van der Waals surface area contributed by atoms with E-state index in [1.807, 2.05) is 6.92 Å². The van der Waals surface area contributed by atoms with Crippen molar-refractivity contribution >= 4 is 11.7 Å². The number of benzene rings is 1. The van der Waals surface area contributed by atoms with Crippen LogP contribution in [0.5, 0.6) is 0 Å². The molecule has 1 aliphatic rings. The van der Waals surface area contributed by atoms with E-state index in [2.05, 4.69) is 36.5 Å². The zero-order valence-corrected chi connectivity index (χ0v) is 13.9. The molecule has 0 aliphatic heterocycles. The molecular weight excluding hydrogens is 274 g/mol. The van der Waals surface area contributed by atoms with Crippen LogP contribution < -0.4 is 5.32 Å². The van der Waals surface area contributed by atoms with Crippen LogP contribution in [0.1, 0.15) is 57.9 Å². The van der Waals surface area contributed by atoms with Crippen LogP contribution in [0.4, 0.5) is 5.69 Å². The standard InChI is InChI=1S/C19H29NO2/c1-3-22-19(21)10-6-7-16-11-13-18(14-12-16)20-15(2)17-8-4-5-9-17/h11-15,17,20H,3-10H2,1-2H3. The molecule has 1 aromatic carbocycles. The molecule has 1 saturated carbocycles. The summed E-state index contributed by atoms with van der Waals surface area (Å²) in [4.78, 5) is 11.3. The highest BCUT2D eigenvalue weighted by Gasteiger charge is 2.21. The summed E-state index contributed by atoms with van der Waals surface area (Å²) in [6, 6.07) is 9.19. The van der Waals surface area contributed by atoms with Crippen molar-refractivity contribution in [3.8, 4) is 0 Å². The number of anilines is 1. The summed E-state index contributed by atoms with van der Waals surface area (Å²) in [5.74, 6) is 0.732. The Morgan fingerprint density at radius 2 is 1.95 bits per heavy atom. The van der Waals surface area contributed by atoms with E-state index in [4.69, 9.17) is 4.74 Å². The number of hydrogen-bond acceptors (Lipinski definition) is 3. The maximum Gasteiger partial charge on any atom is 0.305 e. The second-order valence-electron chi connectivity index (χ2n) is 6.33. The average molecular weight is 303 g/mol. The highest BCUT2D eigenvalue weighted by molar-refractivity contribution is 5.69. The van der Waals surface area contributed by atoms with E-state index in [1.165, 1.54) is 36.9 Å². The van der Waals surface area contributed by atoms with Crippen LogP contribution in [0, 0.1) is 5.92 Å². The van der Waals surface area contributed by atoms with Crippen LogP contribution in [-0.4, -0.2) is 18.6 Å². The highest BCUT2D eigenvalue weighted by Crippen LogP contribution is 2.29. The Balaban J connectivity index is 1.74. The smallest absolute Gasteiger partial charge is 0.305 e. The maximum absolute atomic E-state index is 11.3. The van der Waals surface area contributed by atoms with E-state index in [9.17, 15) is 4.79 Å². The summed E-state index contributed by atoms with van der Waals surface area (Å²) in [5, 5.41) is 3.63. The van der Waals surface area contributed by atoms with Gasteiger partial charge >= 0.3 is 5.97 Å². The first-order valence-electron chi connectivity index (χ1n) is 8.70. The van der Waals surface area contributed by atoms with Crippen LogP contribution in [0.3, 0.4) is 0 Å². The van der Waals surface area contributed by atoms with E-state index in [0.717, 1.165) is 18.8 Å². The molecule has 0 radical (unpaired) electrons. The predicted molar refractivity (Wildman–Crippen MR) is 91.1 cm³/mol. The lowest BCUT2D eigenvalue weighted by Crippen LogP contribution is -2.23. The Hall–Kier alpha value is -1.51. The van der Waals surface area contributed by atoms with E-state index < -0.39 is 0 Å². The summed E-state index contributed by atoms with van der Waals surface area (Å²) in [7, 11) is 0. The Morgan fingerprint density at radius 3 is 2.59 bits per heavy atom. The van der Waals surface area contributed by atoms with Crippen LogP contribution in [0.15, 0.2) is 24.3 Å². The van der Waals surface area contributed by atoms with Gasteiger partial charge in [-0.3, -0.25) is 4.79 Å². The Bertz CT molecular complexity index is 449. The highest BCUT2D eigenvalue weighted by atomic mass is 16.5. The Morgan fingerprint density at radius 1 is 1.27 bits per heavy atom. The van der Waals surface area contributed by atoms with Gasteiger partial charge in [0.25, 0.3) is 0 Å². The second kappa shape index (κ2) is 8.82. The number of nitrogens with one attached hydrogen (secondary N) is 1. The molecule has 0 bridgehead atoms. The molecule has 1 aromatic rings. The van der Waals surface area contributed by atoms with E-state index in [1.54, 1.807) is 0 Å². The second-order valence-corrected chi connectivity index (χ2v) is 6.33. The minimum Gasteiger partial charge on any atom is -0.466 e. The molecule has 2 rings (SSSR count). The fraction of sp³-hybridized carbons (Fsp3) is 0.632. The van der Waals surface area contributed by atoms with Gasteiger partial charge in [0.15, 0.2) is 0 Å². The molecule has 3 heteroatoms. The summed E-state index contributed by atoms with van der Waals surface area (Å²) < 4.78 is 4.94. The molecule has 0 spiro atoms. The lowest BCUT2D eigenvalue weighted by molar-refractivity contribution is -0.143. The summed E-state index contributed by atoms with van der Waals surface area (Å²) in [6.45, 7) is 4.61. The number of esters is 1. The van der Waals surface area contributed by atoms with Gasteiger partial charge in [-0.05, 0) is 63.1 Å². The predicted octanol–water partition coefficient (Wildman–Crippen LogP) is 4.56. The van der Waals surface area contributed by atoms with Gasteiger partial charge < -0.3 is 10.1 Å². The molecule has 1 aliphatic carbocycles. The van der Waals surface area contributed by atoms with Crippen LogP contribution in [0.25, 0.3) is 0 Å². The number of rotatable bonds is 8. The quantitative estimate of drug-likeness (QED) is 0.715. The zero-order valence-electron chi connectivity index (χ0n) is 13.9. The van der Waals surface area contributed by atoms with Crippen molar-refractivity contribution in [3.63, 3.8) is 0 Å². The Labute approximate surface area is 134 Å². The molecule has 1 unspecified atom stereocenters. The fourth-order valence-electron chi connectivity index (χ4n) is 3.28. The van der Waals surface area contributed by atoms with Gasteiger partial charge in [-0.15, -0.1) is 0 Å². The largest absolute Gasteiger partial charge is 0.466 e. The first-order valence-corrected chi connectivity index (χ1v) is 8.70. The first-order chi connectivity index (χ1) is 10.7. The number of hydrogen-bond donors (Lipinski definition) is 1. The summed E-state index contributed by atoms with van der Waals surface area (Å²) in [5.41, 5.74) is 2.48. The SMILES string of the molecule is CCOC(=O)CCCc1ccc(NC(C)C2CCCC2)cc1. The van der Waals surface area contributed by atoms with Gasteiger partial charge in [0.05, 0.1) is 6.61 Å². The number of ether oxygens (including phenoxy) is 1. The van der Waals surface area contributed by atoms with Crippen molar-refractivity contribution in [2.45, 2.75) is 64.8 Å². The van der Waals surface area contributed by atoms with Crippen molar-refractivity contribution in [1.29, 1.82) is 0 Å². The maximum atomic E-state index is 11.3. The van der Waals surface area contributed by atoms with Gasteiger partial charge in [0, 0.05) is 18.2 Å². The van der Waals surface area contributed by atoms with Gasteiger partial charge in [0.2, 0.25) is 0 Å². The van der Waals surface area contributed by atoms with Crippen LogP contribution >= 0.6 is 0 Å². The van der Waals surface area contributed by atoms with Crippen LogP contribution in [0.2, 0.25) is 0 Å². The molecule has 0 saturated heterocycles. The molecule has 1 atom stereocenters. The van der Waals surface area contributed by atoms with E-state index >= 15 is 0 Å². The zero-order chi connectivity index (χ0) is 15.8. The number of carbonyl (C=O) groups is 1. The number of aryl methyl sites for hydroxylation is 1. The summed E-state index contributed by atoms with van der Waals surface area (Å²) >= 11 is 0. The number of carbonyl (C=O) groups excluding carboxylic acids is 1. The topological polar surface area (TPSA) is 38.3 Å². The average Bonchev–Trinajstić information content (AvgIpc) is 3.04. The van der Waals surface area contributed by atoms with Crippen molar-refractivity contribution < 1.29 is 9.53 Å². The van der Waals surface area contributed by atoms with Gasteiger partial charge in [-0.2, -0.15) is 0 Å². The van der Waals surface area contributed by atoms with Crippen molar-refractivity contribution in [2.24, 2.45) is 5.92 Å². The molecule has 22 heavy (non-hydrogen) atoms. The normalized spacial score (nSPS) is 16.5. The molecule has 1 fully saturated rings. The lowest BCUT2D eigenvalue weighted by atomic mass is 9.99. The van der Waals surface area contributed by atoms with Crippen molar-refractivity contribution in [3.05, 3.63) is 29.8 Å². The summed E-state index contributed by atoms with van der Waals surface area (Å²) in [6.07, 6.45) is 7.78. The van der Waals surface area contributed by atoms with Gasteiger partial charge in [-0.1, -0.05) is 25.0 Å². The Kier molecular flexibility index (Phi) is 6.75. The first kappa shape index (κ1) is 16.9. The molecule has 0 aromatic heterocycles. The molecule has 0 heterocycles. The fourth-order valence-corrected chi connectivity index (χ4v) is 3.28. The third kappa shape index (κ3) is 5.36. The molecule has 0 amide bonds. The molecule has 3 nitrogen and oxygen atoms in total. The molecule has 1 N–H and O–H groups in total. The minimum atomic E-state index is -0.0915. The van der Waals surface area contributed by atoms with Gasteiger partial charge in [0.1, 0.15) is 0 Å². The lowest BCUT2D eigenvalue weighted by Gasteiger charge is -2.21. The van der Waals surface area contributed by atoms with E-state index in [-0.39, 0.29) is 5.97 Å². The molecule has 122 valence electrons. The van der Waals surface area contributed by atoms with Gasteiger partial charge in [-0.25, -0.2) is 0 Å². The van der Waals surface area contributed by atoms with Crippen LogP contribution in [-0.2, 0) is 16.0 Å². The van der Waals surface area contributed by atoms with Crippen molar-refractivity contribution in [1.82, 2.24) is 0 Å². The third-order valence-corrected chi connectivity index (χ3v) is 4.61. The minimum absolute atomic E-state index is 0.0915. The third-order valence-electron chi connectivity index (χ3n) is 4.61. The van der Waals surface area contributed by atoms with Crippen molar-refractivity contribution in [2.75, 3.05) is 11.9 Å². The monoisotopic (exact) mass is 303 g/mol. The van der Waals surface area contributed by atoms with E-state index in [0.29, 0.717) is 19.1 Å².